The van der Waals surface area contributed by atoms with E-state index in [9.17, 15) is 0 Å². The molecular weight excluding hydrogens is 296 g/mol. The number of benzene rings is 4. The number of rotatable bonds is 5. The Morgan fingerprint density at radius 3 is 1.79 bits per heavy atom. The van der Waals surface area contributed by atoms with Gasteiger partial charge in [-0.25, -0.2) is 0 Å². The zero-order valence-corrected chi connectivity index (χ0v) is 13.3. The third-order valence-electron chi connectivity index (χ3n) is 4.04. The van der Waals surface area contributed by atoms with Crippen molar-refractivity contribution in [3.8, 4) is 11.5 Å². The number of hydrogen-bond acceptors (Lipinski definition) is 2. The molecule has 0 aliphatic heterocycles. The van der Waals surface area contributed by atoms with E-state index in [1.807, 2.05) is 36.4 Å². The summed E-state index contributed by atoms with van der Waals surface area (Å²) in [4.78, 5) is 0. The van der Waals surface area contributed by atoms with Crippen LogP contribution in [0.15, 0.2) is 84.9 Å². The second-order valence-electron chi connectivity index (χ2n) is 5.72. The van der Waals surface area contributed by atoms with Crippen molar-refractivity contribution >= 4 is 21.5 Å². The first-order chi connectivity index (χ1) is 11.9. The van der Waals surface area contributed by atoms with E-state index >= 15 is 0 Å². The van der Waals surface area contributed by atoms with E-state index < -0.39 is 0 Å². The van der Waals surface area contributed by atoms with Gasteiger partial charge in [0.2, 0.25) is 0 Å². The highest BCUT2D eigenvalue weighted by atomic mass is 16.5. The summed E-state index contributed by atoms with van der Waals surface area (Å²) in [7, 11) is 0. The van der Waals surface area contributed by atoms with Crippen LogP contribution in [-0.2, 0) is 0 Å². The highest BCUT2D eigenvalue weighted by Gasteiger charge is 2.01. The van der Waals surface area contributed by atoms with Gasteiger partial charge in [0, 0.05) is 0 Å². The van der Waals surface area contributed by atoms with E-state index in [0.29, 0.717) is 13.2 Å². The molecule has 0 heterocycles. The molecule has 0 N–H and O–H groups in total. The maximum Gasteiger partial charge on any atom is 0.122 e. The number of fused-ring (bicyclic) bond motifs is 2. The molecule has 2 nitrogen and oxygen atoms in total. The summed E-state index contributed by atoms with van der Waals surface area (Å²) in [6.45, 7) is 1.05. The first-order valence-corrected chi connectivity index (χ1v) is 8.12. The Balaban J connectivity index is 1.45. The molecular formula is C22H18O2. The molecule has 0 radical (unpaired) electrons. The van der Waals surface area contributed by atoms with Crippen molar-refractivity contribution in [1.82, 2.24) is 0 Å². The maximum atomic E-state index is 5.82. The smallest absolute Gasteiger partial charge is 0.122 e. The molecule has 0 saturated carbocycles. The molecule has 0 atom stereocenters. The van der Waals surface area contributed by atoms with Crippen LogP contribution in [0, 0.1) is 0 Å². The van der Waals surface area contributed by atoms with Gasteiger partial charge in [-0.2, -0.15) is 0 Å². The molecule has 4 rings (SSSR count). The van der Waals surface area contributed by atoms with Crippen LogP contribution in [0.1, 0.15) is 0 Å². The quantitative estimate of drug-likeness (QED) is 0.360. The fourth-order valence-corrected chi connectivity index (χ4v) is 2.84. The van der Waals surface area contributed by atoms with Gasteiger partial charge >= 0.3 is 0 Å². The molecule has 4 aromatic carbocycles. The van der Waals surface area contributed by atoms with Crippen molar-refractivity contribution in [2.45, 2.75) is 0 Å². The molecule has 0 aliphatic carbocycles. The predicted octanol–water partition coefficient (Wildman–Crippen LogP) is 5.45. The van der Waals surface area contributed by atoms with Crippen LogP contribution >= 0.6 is 0 Å². The fraction of sp³-hybridized carbons (Fsp3) is 0.0909. The molecule has 2 heteroatoms. The zero-order valence-electron chi connectivity index (χ0n) is 13.3. The molecule has 0 aliphatic rings. The molecule has 0 unspecified atom stereocenters. The van der Waals surface area contributed by atoms with Gasteiger partial charge in [0.15, 0.2) is 0 Å². The Bertz CT molecular complexity index is 961. The Kier molecular flexibility index (Phi) is 4.03. The van der Waals surface area contributed by atoms with E-state index in [4.69, 9.17) is 9.47 Å². The van der Waals surface area contributed by atoms with Crippen LogP contribution in [0.3, 0.4) is 0 Å². The molecule has 0 bridgehead atoms. The molecule has 0 spiro atoms. The van der Waals surface area contributed by atoms with E-state index in [1.165, 1.54) is 21.5 Å². The maximum absolute atomic E-state index is 5.82. The molecule has 0 aromatic heterocycles. The zero-order chi connectivity index (χ0) is 16.2. The van der Waals surface area contributed by atoms with Crippen molar-refractivity contribution in [2.75, 3.05) is 13.2 Å². The topological polar surface area (TPSA) is 18.5 Å². The first kappa shape index (κ1) is 14.6. The normalized spacial score (nSPS) is 10.8. The lowest BCUT2D eigenvalue weighted by Crippen LogP contribution is -2.08. The van der Waals surface area contributed by atoms with Gasteiger partial charge in [0.1, 0.15) is 24.7 Å². The van der Waals surface area contributed by atoms with Crippen LogP contribution in [-0.4, -0.2) is 13.2 Å². The molecule has 0 fully saturated rings. The van der Waals surface area contributed by atoms with Gasteiger partial charge in [-0.1, -0.05) is 48.5 Å². The highest BCUT2D eigenvalue weighted by molar-refractivity contribution is 5.98. The Hall–Kier alpha value is -3.00. The summed E-state index contributed by atoms with van der Waals surface area (Å²) in [5.74, 6) is 1.74. The van der Waals surface area contributed by atoms with Crippen molar-refractivity contribution in [3.05, 3.63) is 84.9 Å². The molecule has 4 aromatic rings. The summed E-state index contributed by atoms with van der Waals surface area (Å²) in [6.07, 6.45) is 0. The fourth-order valence-electron chi connectivity index (χ4n) is 2.84. The van der Waals surface area contributed by atoms with Gasteiger partial charge in [-0.05, 0) is 57.9 Å². The van der Waals surface area contributed by atoms with Crippen molar-refractivity contribution in [1.29, 1.82) is 0 Å². The molecule has 0 amide bonds. The van der Waals surface area contributed by atoms with Crippen LogP contribution in [0.5, 0.6) is 11.5 Å². The highest BCUT2D eigenvalue weighted by Crippen LogP contribution is 2.26. The lowest BCUT2D eigenvalue weighted by atomic mass is 10.0. The van der Waals surface area contributed by atoms with Gasteiger partial charge in [0.25, 0.3) is 0 Å². The second kappa shape index (κ2) is 6.63. The van der Waals surface area contributed by atoms with Crippen molar-refractivity contribution in [3.63, 3.8) is 0 Å². The predicted molar refractivity (Wildman–Crippen MR) is 98.9 cm³/mol. The molecule has 0 saturated heterocycles. The summed E-state index contributed by atoms with van der Waals surface area (Å²) in [5.41, 5.74) is 0. The average Bonchev–Trinajstić information content (AvgIpc) is 2.64. The van der Waals surface area contributed by atoms with Gasteiger partial charge in [-0.15, -0.1) is 0 Å². The van der Waals surface area contributed by atoms with Crippen molar-refractivity contribution in [2.24, 2.45) is 0 Å². The van der Waals surface area contributed by atoms with Gasteiger partial charge in [0.05, 0.1) is 0 Å². The summed E-state index contributed by atoms with van der Waals surface area (Å²) in [5, 5.41) is 4.92. The second-order valence-corrected chi connectivity index (χ2v) is 5.72. The number of para-hydroxylation sites is 1. The third kappa shape index (κ3) is 3.18. The van der Waals surface area contributed by atoms with Crippen LogP contribution in [0.2, 0.25) is 0 Å². The summed E-state index contributed by atoms with van der Waals surface area (Å²) >= 11 is 0. The largest absolute Gasteiger partial charge is 0.490 e. The van der Waals surface area contributed by atoms with Crippen molar-refractivity contribution < 1.29 is 9.47 Å². The van der Waals surface area contributed by atoms with Crippen LogP contribution in [0.4, 0.5) is 0 Å². The van der Waals surface area contributed by atoms with Gasteiger partial charge < -0.3 is 9.47 Å². The number of ether oxygens (including phenoxy) is 2. The van der Waals surface area contributed by atoms with Crippen LogP contribution < -0.4 is 9.47 Å². The minimum absolute atomic E-state index is 0.522. The van der Waals surface area contributed by atoms with Gasteiger partial charge in [-0.3, -0.25) is 0 Å². The van der Waals surface area contributed by atoms with E-state index in [0.717, 1.165) is 11.5 Å². The van der Waals surface area contributed by atoms with Crippen LogP contribution in [0.25, 0.3) is 21.5 Å². The lowest BCUT2D eigenvalue weighted by molar-refractivity contribution is 0.217. The Labute approximate surface area is 141 Å². The Morgan fingerprint density at radius 1 is 0.458 bits per heavy atom. The minimum Gasteiger partial charge on any atom is -0.490 e. The standard InChI is InChI=1S/C22H18O2/c1-2-8-21(9-3-1)23-12-13-24-22-11-10-19-14-17-6-4-5-7-18(17)15-20(19)16-22/h1-11,14-16H,12-13H2. The monoisotopic (exact) mass is 314 g/mol. The third-order valence-corrected chi connectivity index (χ3v) is 4.04. The molecule has 24 heavy (non-hydrogen) atoms. The number of hydrogen-bond donors (Lipinski definition) is 0. The summed E-state index contributed by atoms with van der Waals surface area (Å²) < 4.78 is 11.5. The SMILES string of the molecule is c1ccc(OCCOc2ccc3cc4ccccc4cc3c2)cc1. The van der Waals surface area contributed by atoms with E-state index in [1.54, 1.807) is 0 Å². The minimum atomic E-state index is 0.522. The van der Waals surface area contributed by atoms with E-state index in [2.05, 4.69) is 48.5 Å². The average molecular weight is 314 g/mol. The Morgan fingerprint density at radius 2 is 1.04 bits per heavy atom. The first-order valence-electron chi connectivity index (χ1n) is 8.12. The summed E-state index contributed by atoms with van der Waals surface area (Å²) in [6, 6.07) is 28.8. The molecule has 118 valence electrons. The van der Waals surface area contributed by atoms with E-state index in [-0.39, 0.29) is 0 Å². The lowest BCUT2D eigenvalue weighted by Gasteiger charge is -2.09.